The number of nitrogens with one attached hydrogen (secondary N) is 1. The predicted octanol–water partition coefficient (Wildman–Crippen LogP) is 4.27. The summed E-state index contributed by atoms with van der Waals surface area (Å²) in [7, 11) is 0. The normalized spacial score (nSPS) is 8.32. The first kappa shape index (κ1) is 23.0. The molecule has 3 nitrogen and oxygen atoms in total. The van der Waals surface area contributed by atoms with Crippen LogP contribution in [-0.2, 0) is 9.59 Å². The van der Waals surface area contributed by atoms with Crippen molar-refractivity contribution in [1.82, 2.24) is 5.32 Å². The molecule has 0 saturated heterocycles. The number of Topliss-reactive ketones (excluding diaryl/α,β-unsaturated/α-hetero) is 1. The van der Waals surface area contributed by atoms with Crippen LogP contribution in [0.2, 0.25) is 0 Å². The van der Waals surface area contributed by atoms with Gasteiger partial charge in [0, 0.05) is 18.5 Å². The van der Waals surface area contributed by atoms with Crippen molar-refractivity contribution in [2.45, 2.75) is 73.6 Å². The molecule has 0 aromatic heterocycles. The fraction of sp³-hybridized carbons (Fsp3) is 0.750. The summed E-state index contributed by atoms with van der Waals surface area (Å²) in [6.45, 7) is 15.8. The zero-order valence-corrected chi connectivity index (χ0v) is 13.8. The van der Waals surface area contributed by atoms with E-state index in [2.05, 4.69) is 18.8 Å². The molecule has 19 heavy (non-hydrogen) atoms. The molecule has 0 radical (unpaired) electrons. The van der Waals surface area contributed by atoms with Crippen LogP contribution in [0.4, 0.5) is 0 Å². The van der Waals surface area contributed by atoms with Crippen LogP contribution in [0.3, 0.4) is 0 Å². The molecule has 0 bridgehead atoms. The lowest BCUT2D eigenvalue weighted by atomic mass is 10.2. The Morgan fingerprint density at radius 1 is 1.00 bits per heavy atom. The smallest absolute Gasteiger partial charge is 0.246 e. The van der Waals surface area contributed by atoms with Gasteiger partial charge in [-0.15, -0.1) is 0 Å². The fourth-order valence-corrected chi connectivity index (χ4v) is 1.08. The molecule has 3 heteroatoms. The minimum Gasteiger partial charge on any atom is -0.352 e. The molecule has 0 aliphatic rings. The lowest BCUT2D eigenvalue weighted by Gasteiger charge is -2.02. The number of unbranched alkanes of at least 4 members (excludes halogenated alkanes) is 2. The highest BCUT2D eigenvalue weighted by molar-refractivity contribution is 5.91. The molecule has 0 spiro atoms. The van der Waals surface area contributed by atoms with Crippen LogP contribution >= 0.6 is 0 Å². The molecule has 0 atom stereocenters. The van der Waals surface area contributed by atoms with Crippen molar-refractivity contribution in [2.75, 3.05) is 6.54 Å². The second-order valence-corrected chi connectivity index (χ2v) is 4.20. The standard InChI is InChI=1S/C9H17NO.C5H10O.C2H6/c1-4-5-6-7-10-9(11)8(2)3;1-3-4-5(2)6;1-2/h2,4-7H2,1,3H3,(H,10,11);3-4H2,1-2H3;1-2H3. The molecule has 0 rings (SSSR count). The van der Waals surface area contributed by atoms with Gasteiger partial charge in [-0.25, -0.2) is 0 Å². The third kappa shape index (κ3) is 26.5. The lowest BCUT2D eigenvalue weighted by Crippen LogP contribution is -2.24. The van der Waals surface area contributed by atoms with Crippen LogP contribution in [-0.4, -0.2) is 18.2 Å². The summed E-state index contributed by atoms with van der Waals surface area (Å²) in [5.74, 6) is 0.263. The molecule has 0 aromatic rings. The minimum atomic E-state index is -0.0268. The number of ketones is 1. The molecule has 0 unspecified atom stereocenters. The van der Waals surface area contributed by atoms with Crippen LogP contribution in [0.1, 0.15) is 73.6 Å². The Labute approximate surface area is 119 Å². The van der Waals surface area contributed by atoms with E-state index in [4.69, 9.17) is 0 Å². The van der Waals surface area contributed by atoms with Crippen LogP contribution in [0.15, 0.2) is 12.2 Å². The number of carbonyl (C=O) groups is 2. The Bertz CT molecular complexity index is 235. The summed E-state index contributed by atoms with van der Waals surface area (Å²) in [4.78, 5) is 20.9. The van der Waals surface area contributed by atoms with Gasteiger partial charge in [0.2, 0.25) is 5.91 Å². The number of carbonyl (C=O) groups excluding carboxylic acids is 2. The van der Waals surface area contributed by atoms with Gasteiger partial charge >= 0.3 is 0 Å². The van der Waals surface area contributed by atoms with E-state index in [0.29, 0.717) is 5.57 Å². The number of hydrogen-bond acceptors (Lipinski definition) is 2. The van der Waals surface area contributed by atoms with Crippen molar-refractivity contribution < 1.29 is 9.59 Å². The van der Waals surface area contributed by atoms with Crippen molar-refractivity contribution >= 4 is 11.7 Å². The van der Waals surface area contributed by atoms with Gasteiger partial charge in [0.25, 0.3) is 0 Å². The van der Waals surface area contributed by atoms with Crippen LogP contribution in [0, 0.1) is 0 Å². The molecule has 0 saturated carbocycles. The third-order valence-corrected chi connectivity index (χ3v) is 2.06. The highest BCUT2D eigenvalue weighted by Crippen LogP contribution is 1.92. The van der Waals surface area contributed by atoms with E-state index in [1.807, 2.05) is 20.8 Å². The maximum Gasteiger partial charge on any atom is 0.246 e. The summed E-state index contributed by atoms with van der Waals surface area (Å²) in [6.07, 6.45) is 5.14. The molecule has 1 amide bonds. The highest BCUT2D eigenvalue weighted by Gasteiger charge is 1.98. The average Bonchev–Trinajstić information content (AvgIpc) is 2.37. The molecule has 0 aromatic carbocycles. The van der Waals surface area contributed by atoms with Crippen molar-refractivity contribution in [2.24, 2.45) is 0 Å². The van der Waals surface area contributed by atoms with Gasteiger partial charge in [-0.05, 0) is 26.7 Å². The van der Waals surface area contributed by atoms with Crippen molar-refractivity contribution in [3.8, 4) is 0 Å². The van der Waals surface area contributed by atoms with Gasteiger partial charge < -0.3 is 10.1 Å². The van der Waals surface area contributed by atoms with Gasteiger partial charge in [-0.1, -0.05) is 47.1 Å². The Kier molecular flexibility index (Phi) is 23.3. The van der Waals surface area contributed by atoms with E-state index in [1.165, 1.54) is 12.8 Å². The minimum absolute atomic E-state index is 0.0268. The Morgan fingerprint density at radius 3 is 1.79 bits per heavy atom. The zero-order valence-electron chi connectivity index (χ0n) is 13.8. The molecule has 0 heterocycles. The Balaban J connectivity index is -0.000000271. The van der Waals surface area contributed by atoms with E-state index in [1.54, 1.807) is 13.8 Å². The largest absolute Gasteiger partial charge is 0.352 e. The van der Waals surface area contributed by atoms with Gasteiger partial charge in [0.1, 0.15) is 5.78 Å². The number of amides is 1. The first-order valence-electron chi connectivity index (χ1n) is 7.38. The van der Waals surface area contributed by atoms with E-state index in [-0.39, 0.29) is 11.7 Å². The molecule has 0 fully saturated rings. The first-order chi connectivity index (χ1) is 8.95. The molecule has 114 valence electrons. The van der Waals surface area contributed by atoms with E-state index in [0.717, 1.165) is 25.8 Å². The summed E-state index contributed by atoms with van der Waals surface area (Å²) >= 11 is 0. The number of rotatable bonds is 7. The van der Waals surface area contributed by atoms with Crippen molar-refractivity contribution in [3.05, 3.63) is 12.2 Å². The third-order valence-electron chi connectivity index (χ3n) is 2.06. The summed E-state index contributed by atoms with van der Waals surface area (Å²) in [5, 5.41) is 2.78. The van der Waals surface area contributed by atoms with Crippen molar-refractivity contribution in [3.63, 3.8) is 0 Å². The quantitative estimate of drug-likeness (QED) is 0.555. The Hall–Kier alpha value is -1.12. The highest BCUT2D eigenvalue weighted by atomic mass is 16.1. The van der Waals surface area contributed by atoms with Gasteiger partial charge in [0.15, 0.2) is 0 Å². The SMILES string of the molecule is C=C(C)C(=O)NCCCCC.CC.CCCC(C)=O. The summed E-state index contributed by atoms with van der Waals surface area (Å²) in [5.41, 5.74) is 0.585. The molecule has 0 aliphatic carbocycles. The van der Waals surface area contributed by atoms with Crippen molar-refractivity contribution in [1.29, 1.82) is 0 Å². The van der Waals surface area contributed by atoms with Crippen LogP contribution in [0.5, 0.6) is 0 Å². The maximum absolute atomic E-state index is 10.9. The Morgan fingerprint density at radius 2 is 1.53 bits per heavy atom. The molecule has 0 aliphatic heterocycles. The maximum atomic E-state index is 10.9. The van der Waals surface area contributed by atoms with Gasteiger partial charge in [-0.3, -0.25) is 4.79 Å². The second-order valence-electron chi connectivity index (χ2n) is 4.20. The fourth-order valence-electron chi connectivity index (χ4n) is 1.08. The molecular weight excluding hydrogens is 238 g/mol. The predicted molar refractivity (Wildman–Crippen MR) is 84.3 cm³/mol. The van der Waals surface area contributed by atoms with E-state index < -0.39 is 0 Å². The zero-order chi connectivity index (χ0) is 15.7. The van der Waals surface area contributed by atoms with Crippen LogP contribution < -0.4 is 5.32 Å². The summed E-state index contributed by atoms with van der Waals surface area (Å²) in [6, 6.07) is 0. The van der Waals surface area contributed by atoms with Gasteiger partial charge in [0.05, 0.1) is 0 Å². The average molecular weight is 271 g/mol. The monoisotopic (exact) mass is 271 g/mol. The van der Waals surface area contributed by atoms with Gasteiger partial charge in [-0.2, -0.15) is 0 Å². The first-order valence-corrected chi connectivity index (χ1v) is 7.38. The topological polar surface area (TPSA) is 46.2 Å². The molecule has 1 N–H and O–H groups in total. The molecular formula is C16H33NO2. The second kappa shape index (κ2) is 19.2. The van der Waals surface area contributed by atoms with E-state index in [9.17, 15) is 9.59 Å². The lowest BCUT2D eigenvalue weighted by molar-refractivity contribution is -0.118. The summed E-state index contributed by atoms with van der Waals surface area (Å²) < 4.78 is 0. The van der Waals surface area contributed by atoms with Crippen LogP contribution in [0.25, 0.3) is 0 Å². The number of hydrogen-bond donors (Lipinski definition) is 1. The van der Waals surface area contributed by atoms with E-state index >= 15 is 0 Å².